The van der Waals surface area contributed by atoms with Gasteiger partial charge in [-0.25, -0.2) is 0 Å². The molecule has 31 heavy (non-hydrogen) atoms. The number of carbonyl (C=O) groups excluding carboxylic acids is 2. The van der Waals surface area contributed by atoms with Crippen molar-refractivity contribution in [2.24, 2.45) is 0 Å². The Labute approximate surface area is 194 Å². The molecule has 0 spiro atoms. The van der Waals surface area contributed by atoms with Crippen molar-refractivity contribution in [3.05, 3.63) is 64.7 Å². The molecule has 5 nitrogen and oxygen atoms in total. The molecule has 0 saturated heterocycles. The molecule has 0 fully saturated rings. The molecule has 7 heteroatoms. The van der Waals surface area contributed by atoms with Gasteiger partial charge in [0.1, 0.15) is 11.8 Å². The van der Waals surface area contributed by atoms with Gasteiger partial charge in [-0.15, -0.1) is 11.8 Å². The number of carbonyl (C=O) groups is 2. The van der Waals surface area contributed by atoms with Gasteiger partial charge in [0.25, 0.3) is 0 Å². The first-order valence-electron chi connectivity index (χ1n) is 10.5. The van der Waals surface area contributed by atoms with Crippen molar-refractivity contribution in [3.63, 3.8) is 0 Å². The summed E-state index contributed by atoms with van der Waals surface area (Å²) in [5, 5.41) is 3.63. The molecule has 0 saturated carbocycles. The van der Waals surface area contributed by atoms with Crippen LogP contribution >= 0.6 is 23.4 Å². The van der Waals surface area contributed by atoms with Crippen LogP contribution in [0.5, 0.6) is 5.75 Å². The Bertz CT molecular complexity index is 862. The molecule has 2 aromatic rings. The van der Waals surface area contributed by atoms with Crippen molar-refractivity contribution >= 4 is 35.2 Å². The molecular weight excluding hydrogens is 432 g/mol. The lowest BCUT2D eigenvalue weighted by atomic mass is 10.1. The van der Waals surface area contributed by atoms with Crippen LogP contribution in [0, 0.1) is 0 Å². The molecule has 0 heterocycles. The van der Waals surface area contributed by atoms with E-state index in [1.165, 1.54) is 11.8 Å². The number of thioether (sulfide) groups is 1. The molecule has 0 aliphatic heterocycles. The molecule has 0 aliphatic carbocycles. The van der Waals surface area contributed by atoms with Crippen LogP contribution in [-0.2, 0) is 21.9 Å². The van der Waals surface area contributed by atoms with Crippen LogP contribution in [0.2, 0.25) is 5.02 Å². The zero-order valence-corrected chi connectivity index (χ0v) is 20.0. The number of hydrogen-bond acceptors (Lipinski definition) is 4. The van der Waals surface area contributed by atoms with Gasteiger partial charge in [-0.05, 0) is 42.7 Å². The fourth-order valence-corrected chi connectivity index (χ4v) is 4.23. The molecule has 168 valence electrons. The Kier molecular flexibility index (Phi) is 10.7. The SMILES string of the molecule is CCCCNC(=O)C(C)N(Cc1cccc(OC)c1)C(=O)CSCc1ccccc1Cl. The summed E-state index contributed by atoms with van der Waals surface area (Å²) in [4.78, 5) is 27.4. The lowest BCUT2D eigenvalue weighted by Gasteiger charge is -2.29. The number of rotatable bonds is 12. The van der Waals surface area contributed by atoms with E-state index in [0.29, 0.717) is 23.9 Å². The van der Waals surface area contributed by atoms with E-state index < -0.39 is 6.04 Å². The van der Waals surface area contributed by atoms with Crippen LogP contribution in [0.1, 0.15) is 37.8 Å². The molecule has 0 bridgehead atoms. The zero-order valence-electron chi connectivity index (χ0n) is 18.4. The topological polar surface area (TPSA) is 58.6 Å². The first-order valence-corrected chi connectivity index (χ1v) is 12.0. The molecule has 1 atom stereocenters. The minimum Gasteiger partial charge on any atom is -0.497 e. The van der Waals surface area contributed by atoms with E-state index in [-0.39, 0.29) is 17.6 Å². The fraction of sp³-hybridized carbons (Fsp3) is 0.417. The molecule has 0 aliphatic rings. The number of halogens is 1. The molecule has 2 rings (SSSR count). The van der Waals surface area contributed by atoms with Crippen LogP contribution in [-0.4, -0.2) is 42.2 Å². The highest BCUT2D eigenvalue weighted by Crippen LogP contribution is 2.22. The normalized spacial score (nSPS) is 11.6. The zero-order chi connectivity index (χ0) is 22.6. The number of hydrogen-bond donors (Lipinski definition) is 1. The van der Waals surface area contributed by atoms with E-state index in [9.17, 15) is 9.59 Å². The maximum atomic E-state index is 13.1. The number of nitrogens with zero attached hydrogens (tertiary/aromatic N) is 1. The Hall–Kier alpha value is -2.18. The molecule has 1 unspecified atom stereocenters. The molecule has 2 amide bonds. The highest BCUT2D eigenvalue weighted by Gasteiger charge is 2.26. The summed E-state index contributed by atoms with van der Waals surface area (Å²) in [6.45, 7) is 4.80. The number of ether oxygens (including phenoxy) is 1. The van der Waals surface area contributed by atoms with Crippen molar-refractivity contribution in [2.45, 2.75) is 45.0 Å². The van der Waals surface area contributed by atoms with Gasteiger partial charge in [0.05, 0.1) is 12.9 Å². The summed E-state index contributed by atoms with van der Waals surface area (Å²) in [5.41, 5.74) is 1.91. The quantitative estimate of drug-likeness (QED) is 0.455. The lowest BCUT2D eigenvalue weighted by Crippen LogP contribution is -2.48. The van der Waals surface area contributed by atoms with Crippen molar-refractivity contribution in [1.29, 1.82) is 0 Å². The Morgan fingerprint density at radius 2 is 1.97 bits per heavy atom. The highest BCUT2D eigenvalue weighted by atomic mass is 35.5. The van der Waals surface area contributed by atoms with Gasteiger partial charge in [-0.3, -0.25) is 9.59 Å². The number of methoxy groups -OCH3 is 1. The second-order valence-electron chi connectivity index (χ2n) is 7.28. The van der Waals surface area contributed by atoms with Crippen LogP contribution < -0.4 is 10.1 Å². The van der Waals surface area contributed by atoms with E-state index >= 15 is 0 Å². The van der Waals surface area contributed by atoms with E-state index in [0.717, 1.165) is 29.7 Å². The van der Waals surface area contributed by atoms with E-state index in [1.54, 1.807) is 18.9 Å². The molecule has 0 aromatic heterocycles. The maximum Gasteiger partial charge on any atom is 0.242 e. The standard InChI is InChI=1S/C24H31ClN2O3S/c1-4-5-13-26-24(29)18(2)27(15-19-9-8-11-21(14-19)30-3)23(28)17-31-16-20-10-6-7-12-22(20)25/h6-12,14,18H,4-5,13,15-17H2,1-3H3,(H,26,29). The fourth-order valence-electron chi connectivity index (χ4n) is 3.03. The average Bonchev–Trinajstić information content (AvgIpc) is 2.78. The summed E-state index contributed by atoms with van der Waals surface area (Å²) in [6, 6.07) is 14.6. The van der Waals surface area contributed by atoms with Gasteiger partial charge in [-0.1, -0.05) is 55.3 Å². The smallest absolute Gasteiger partial charge is 0.242 e. The van der Waals surface area contributed by atoms with Crippen molar-refractivity contribution in [1.82, 2.24) is 10.2 Å². The monoisotopic (exact) mass is 462 g/mol. The third kappa shape index (κ3) is 8.11. The maximum absolute atomic E-state index is 13.1. The number of benzene rings is 2. The summed E-state index contributed by atoms with van der Waals surface area (Å²) in [7, 11) is 1.61. The summed E-state index contributed by atoms with van der Waals surface area (Å²) >= 11 is 7.71. The van der Waals surface area contributed by atoms with E-state index in [1.807, 2.05) is 48.5 Å². The second-order valence-corrected chi connectivity index (χ2v) is 8.67. The Balaban J connectivity index is 2.08. The predicted octanol–water partition coefficient (Wildman–Crippen LogP) is 4.92. The van der Waals surface area contributed by atoms with Crippen molar-refractivity contribution in [3.8, 4) is 5.75 Å². The summed E-state index contributed by atoms with van der Waals surface area (Å²) < 4.78 is 5.30. The van der Waals surface area contributed by atoms with Crippen molar-refractivity contribution < 1.29 is 14.3 Å². The first kappa shape index (κ1) is 25.1. The lowest BCUT2D eigenvalue weighted by molar-refractivity contribution is -0.138. The summed E-state index contributed by atoms with van der Waals surface area (Å²) in [5.74, 6) is 1.40. The van der Waals surface area contributed by atoms with Gasteiger partial charge >= 0.3 is 0 Å². The van der Waals surface area contributed by atoms with E-state index in [4.69, 9.17) is 16.3 Å². The van der Waals surface area contributed by atoms with Gasteiger partial charge < -0.3 is 15.0 Å². The minimum absolute atomic E-state index is 0.0852. The summed E-state index contributed by atoms with van der Waals surface area (Å²) in [6.07, 6.45) is 1.91. The van der Waals surface area contributed by atoms with Crippen molar-refractivity contribution in [2.75, 3.05) is 19.4 Å². The first-order chi connectivity index (χ1) is 15.0. The molecule has 0 radical (unpaired) electrons. The third-order valence-corrected chi connectivity index (χ3v) is 6.26. The van der Waals surface area contributed by atoms with Gasteiger partial charge in [-0.2, -0.15) is 0 Å². The van der Waals surface area contributed by atoms with Crippen LogP contribution in [0.15, 0.2) is 48.5 Å². The minimum atomic E-state index is -0.573. The number of nitrogens with one attached hydrogen (secondary N) is 1. The predicted molar refractivity (Wildman–Crippen MR) is 129 cm³/mol. The van der Waals surface area contributed by atoms with Gasteiger partial charge in [0, 0.05) is 23.9 Å². The second kappa shape index (κ2) is 13.3. The van der Waals surface area contributed by atoms with E-state index in [2.05, 4.69) is 12.2 Å². The van der Waals surface area contributed by atoms with Crippen LogP contribution in [0.3, 0.4) is 0 Å². The van der Waals surface area contributed by atoms with Gasteiger partial charge in [0.2, 0.25) is 11.8 Å². The molecule has 1 N–H and O–H groups in total. The molecule has 2 aromatic carbocycles. The number of unbranched alkanes of at least 4 members (excludes halogenated alkanes) is 1. The van der Waals surface area contributed by atoms with Crippen LogP contribution in [0.4, 0.5) is 0 Å². The highest BCUT2D eigenvalue weighted by molar-refractivity contribution is 7.99. The van der Waals surface area contributed by atoms with Gasteiger partial charge in [0.15, 0.2) is 0 Å². The Morgan fingerprint density at radius 3 is 2.68 bits per heavy atom. The third-order valence-electron chi connectivity index (χ3n) is 4.92. The van der Waals surface area contributed by atoms with Crippen LogP contribution in [0.25, 0.3) is 0 Å². The number of amides is 2. The average molecular weight is 463 g/mol. The molecular formula is C24H31ClN2O3S. The largest absolute Gasteiger partial charge is 0.497 e. The Morgan fingerprint density at radius 1 is 1.19 bits per heavy atom.